The number of thiophene rings is 1. The fourth-order valence-electron chi connectivity index (χ4n) is 3.74. The van der Waals surface area contributed by atoms with Gasteiger partial charge in [-0.1, -0.05) is 31.9 Å². The fraction of sp³-hybridized carbons (Fsp3) is 0.480. The van der Waals surface area contributed by atoms with E-state index >= 15 is 0 Å². The maximum Gasteiger partial charge on any atom is 0.410 e. The molecule has 1 unspecified atom stereocenters. The number of carbonyl (C=O) groups excluding carboxylic acids is 2. The van der Waals surface area contributed by atoms with Crippen molar-refractivity contribution < 1.29 is 33.7 Å². The Balaban J connectivity index is 1.60. The number of nitrogens with one attached hydrogen (secondary N) is 2. The predicted molar refractivity (Wildman–Crippen MR) is 134 cm³/mol. The van der Waals surface area contributed by atoms with Gasteiger partial charge in [-0.25, -0.2) is 9.59 Å². The Kier molecular flexibility index (Phi) is 9.80. The minimum absolute atomic E-state index is 0.00136. The zero-order chi connectivity index (χ0) is 26.1. The van der Waals surface area contributed by atoms with E-state index in [1.54, 1.807) is 36.6 Å². The van der Waals surface area contributed by atoms with E-state index in [-0.39, 0.29) is 25.9 Å². The molecule has 0 saturated carbocycles. The van der Waals surface area contributed by atoms with E-state index < -0.39 is 30.2 Å². The summed E-state index contributed by atoms with van der Waals surface area (Å²) in [4.78, 5) is 39.5. The van der Waals surface area contributed by atoms with Gasteiger partial charge in [0.15, 0.2) is 11.5 Å². The van der Waals surface area contributed by atoms with Gasteiger partial charge in [0.25, 0.3) is 0 Å². The first-order chi connectivity index (χ1) is 17.3. The molecule has 1 aliphatic heterocycles. The summed E-state index contributed by atoms with van der Waals surface area (Å²) in [5.41, 5.74) is 0.581. The van der Waals surface area contributed by atoms with Gasteiger partial charge >= 0.3 is 18.1 Å². The third kappa shape index (κ3) is 7.51. The molecule has 3 rings (SSSR count). The molecule has 1 aromatic carbocycles. The maximum atomic E-state index is 12.8. The van der Waals surface area contributed by atoms with Crippen molar-refractivity contribution in [2.45, 2.75) is 57.7 Å². The molecular weight excluding hydrogens is 486 g/mol. The Labute approximate surface area is 214 Å². The Bertz CT molecular complexity index is 1030. The monoisotopic (exact) mass is 519 g/mol. The molecule has 0 bridgehead atoms. The van der Waals surface area contributed by atoms with Crippen LogP contribution in [0, 0.1) is 0 Å². The summed E-state index contributed by atoms with van der Waals surface area (Å²) in [6, 6.07) is 7.04. The first kappa shape index (κ1) is 27.1. The average molecular weight is 520 g/mol. The zero-order valence-electron chi connectivity index (χ0n) is 20.7. The summed E-state index contributed by atoms with van der Waals surface area (Å²) < 4.78 is 16.2. The van der Waals surface area contributed by atoms with Gasteiger partial charge in [-0.05, 0) is 42.5 Å². The van der Waals surface area contributed by atoms with Crippen LogP contribution >= 0.6 is 11.3 Å². The predicted octanol–water partition coefficient (Wildman–Crippen LogP) is 4.68. The highest BCUT2D eigenvalue weighted by atomic mass is 32.1. The number of ether oxygens (including phenoxy) is 3. The summed E-state index contributed by atoms with van der Waals surface area (Å²) in [6.07, 6.45) is 1.54. The Morgan fingerprint density at radius 1 is 1.19 bits per heavy atom. The van der Waals surface area contributed by atoms with Crippen LogP contribution in [0.5, 0.6) is 11.5 Å². The number of unbranched alkanes of at least 4 members (excludes halogenated alkanes) is 1. The number of hydrogen-bond donors (Lipinski definition) is 3. The number of hydrogen-bond acceptors (Lipinski definition) is 7. The molecule has 36 heavy (non-hydrogen) atoms. The fourth-order valence-corrected chi connectivity index (χ4v) is 4.57. The SMILES string of the molecule is CCCC[C@@H](COC(=O)N(C)C(C)c1cccs1)NC(=O)N[C@@H](CC(=O)O)c1ccc2c(c1)OCO2. The molecule has 3 N–H and O–H groups in total. The average Bonchev–Trinajstić information content (AvgIpc) is 3.55. The van der Waals surface area contributed by atoms with E-state index in [0.29, 0.717) is 23.5 Å². The van der Waals surface area contributed by atoms with Gasteiger partial charge in [0.05, 0.1) is 24.5 Å². The highest BCUT2D eigenvalue weighted by Crippen LogP contribution is 2.34. The lowest BCUT2D eigenvalue weighted by atomic mass is 10.0. The van der Waals surface area contributed by atoms with Crippen molar-refractivity contribution in [1.82, 2.24) is 15.5 Å². The second kappa shape index (κ2) is 13.0. The van der Waals surface area contributed by atoms with Crippen LogP contribution in [0.2, 0.25) is 0 Å². The van der Waals surface area contributed by atoms with Crippen LogP contribution in [-0.4, -0.2) is 54.6 Å². The molecule has 0 fully saturated rings. The van der Waals surface area contributed by atoms with Gasteiger partial charge in [0, 0.05) is 11.9 Å². The molecule has 3 amide bonds. The number of carboxylic acid groups (broad SMARTS) is 1. The number of fused-ring (bicyclic) bond motifs is 1. The molecular formula is C25H33N3O7S. The summed E-state index contributed by atoms with van der Waals surface area (Å²) in [5, 5.41) is 16.9. The standard InChI is InChI=1S/C25H33N3O7S/c1-4-5-7-18(14-33-25(32)28(3)16(2)22-8-6-11-36-22)26-24(31)27-19(13-23(29)30)17-9-10-20-21(12-17)35-15-34-20/h6,8-12,16,18-19H,4-5,7,13-15H2,1-3H3,(H,29,30)(H2,26,27,31)/t16?,18-,19-/m0/s1. The summed E-state index contributed by atoms with van der Waals surface area (Å²) in [7, 11) is 1.68. The number of benzene rings is 1. The third-order valence-electron chi connectivity index (χ3n) is 5.96. The van der Waals surface area contributed by atoms with E-state index in [1.807, 2.05) is 31.4 Å². The van der Waals surface area contributed by atoms with Crippen LogP contribution in [0.25, 0.3) is 0 Å². The largest absolute Gasteiger partial charge is 0.481 e. The number of nitrogens with zero attached hydrogens (tertiary/aromatic N) is 1. The van der Waals surface area contributed by atoms with Gasteiger partial charge < -0.3 is 34.9 Å². The first-order valence-corrected chi connectivity index (χ1v) is 12.8. The number of amides is 3. The van der Waals surface area contributed by atoms with Gasteiger partial charge in [0.1, 0.15) is 6.61 Å². The van der Waals surface area contributed by atoms with E-state index in [9.17, 15) is 19.5 Å². The van der Waals surface area contributed by atoms with Crippen molar-refractivity contribution in [3.8, 4) is 11.5 Å². The highest BCUT2D eigenvalue weighted by Gasteiger charge is 2.24. The first-order valence-electron chi connectivity index (χ1n) is 11.9. The highest BCUT2D eigenvalue weighted by molar-refractivity contribution is 7.10. The van der Waals surface area contributed by atoms with Gasteiger partial charge in [0.2, 0.25) is 6.79 Å². The van der Waals surface area contributed by atoms with E-state index in [4.69, 9.17) is 14.2 Å². The Morgan fingerprint density at radius 2 is 1.97 bits per heavy atom. The molecule has 0 aliphatic carbocycles. The second-order valence-corrected chi connectivity index (χ2v) is 9.58. The van der Waals surface area contributed by atoms with Crippen LogP contribution in [0.1, 0.15) is 62.1 Å². The normalized spacial score (nSPS) is 14.4. The van der Waals surface area contributed by atoms with Crippen LogP contribution in [0.15, 0.2) is 35.7 Å². The molecule has 2 heterocycles. The van der Waals surface area contributed by atoms with Crippen molar-refractivity contribution >= 4 is 29.4 Å². The number of carbonyl (C=O) groups is 3. The van der Waals surface area contributed by atoms with Crippen molar-refractivity contribution in [3.05, 3.63) is 46.2 Å². The molecule has 1 aromatic heterocycles. The molecule has 10 nitrogen and oxygen atoms in total. The zero-order valence-corrected chi connectivity index (χ0v) is 21.5. The molecule has 196 valence electrons. The van der Waals surface area contributed by atoms with Crippen molar-refractivity contribution in [1.29, 1.82) is 0 Å². The number of urea groups is 1. The smallest absolute Gasteiger partial charge is 0.410 e. The maximum absolute atomic E-state index is 12.8. The second-order valence-electron chi connectivity index (χ2n) is 8.60. The van der Waals surface area contributed by atoms with E-state index in [2.05, 4.69) is 10.6 Å². The molecule has 0 radical (unpaired) electrons. The van der Waals surface area contributed by atoms with Crippen molar-refractivity contribution in [3.63, 3.8) is 0 Å². The quantitative estimate of drug-likeness (QED) is 0.372. The summed E-state index contributed by atoms with van der Waals surface area (Å²) in [6.45, 7) is 4.05. The van der Waals surface area contributed by atoms with Gasteiger partial charge in [-0.3, -0.25) is 4.79 Å². The van der Waals surface area contributed by atoms with Crippen LogP contribution in [0.4, 0.5) is 9.59 Å². The van der Waals surface area contributed by atoms with Gasteiger partial charge in [-0.2, -0.15) is 0 Å². The van der Waals surface area contributed by atoms with Crippen LogP contribution in [-0.2, 0) is 9.53 Å². The summed E-state index contributed by atoms with van der Waals surface area (Å²) >= 11 is 1.56. The molecule has 11 heteroatoms. The topological polar surface area (TPSA) is 126 Å². The van der Waals surface area contributed by atoms with Crippen molar-refractivity contribution in [2.75, 3.05) is 20.4 Å². The molecule has 0 spiro atoms. The van der Waals surface area contributed by atoms with E-state index in [1.165, 1.54) is 4.90 Å². The summed E-state index contributed by atoms with van der Waals surface area (Å²) in [5.74, 6) is 0.00754. The third-order valence-corrected chi connectivity index (χ3v) is 7.00. The van der Waals surface area contributed by atoms with Crippen molar-refractivity contribution in [2.24, 2.45) is 0 Å². The lowest BCUT2D eigenvalue weighted by molar-refractivity contribution is -0.137. The number of aliphatic carboxylic acids is 1. The van der Waals surface area contributed by atoms with Gasteiger partial charge in [-0.15, -0.1) is 11.3 Å². The lowest BCUT2D eigenvalue weighted by Crippen LogP contribution is -2.46. The molecule has 0 saturated heterocycles. The molecule has 2 aromatic rings. The minimum Gasteiger partial charge on any atom is -0.481 e. The van der Waals surface area contributed by atoms with Crippen LogP contribution in [0.3, 0.4) is 0 Å². The van der Waals surface area contributed by atoms with Crippen LogP contribution < -0.4 is 20.1 Å². The lowest BCUT2D eigenvalue weighted by Gasteiger charge is -2.26. The number of carboxylic acids is 1. The minimum atomic E-state index is -1.06. The Hall–Kier alpha value is -3.47. The van der Waals surface area contributed by atoms with E-state index in [0.717, 1.165) is 17.7 Å². The molecule has 1 aliphatic rings. The Morgan fingerprint density at radius 3 is 2.67 bits per heavy atom. The molecule has 3 atom stereocenters. The number of rotatable bonds is 12.